The summed E-state index contributed by atoms with van der Waals surface area (Å²) < 4.78 is 9.80. The van der Waals surface area contributed by atoms with E-state index in [0.717, 1.165) is 0 Å². The van der Waals surface area contributed by atoms with E-state index in [1.807, 2.05) is 6.07 Å². The number of nitrogens with one attached hydrogen (secondary N) is 1. The van der Waals surface area contributed by atoms with Crippen molar-refractivity contribution in [3.05, 3.63) is 60.1 Å². The van der Waals surface area contributed by atoms with Crippen LogP contribution in [0.3, 0.4) is 0 Å². The third-order valence-corrected chi connectivity index (χ3v) is 2.57. The second kappa shape index (κ2) is 7.45. The minimum Gasteiger partial charge on any atom is -0.465 e. The average molecular weight is 296 g/mol. The van der Waals surface area contributed by atoms with Crippen LogP contribution in [0.4, 0.5) is 5.69 Å². The van der Waals surface area contributed by atoms with E-state index >= 15 is 0 Å². The van der Waals surface area contributed by atoms with Crippen LogP contribution in [-0.4, -0.2) is 18.5 Å². The van der Waals surface area contributed by atoms with Crippen LogP contribution in [0.5, 0.6) is 0 Å². The molecule has 1 amide bonds. The molecule has 0 unspecified atom stereocenters. The average Bonchev–Trinajstić information content (AvgIpc) is 3.05. The largest absolute Gasteiger partial charge is 0.465 e. The molecular weight excluding hydrogens is 284 g/mol. The molecule has 0 aliphatic rings. The van der Waals surface area contributed by atoms with Crippen molar-refractivity contribution in [2.24, 2.45) is 0 Å². The Bertz CT molecular complexity index is 710. The van der Waals surface area contributed by atoms with E-state index in [1.54, 1.807) is 36.4 Å². The van der Waals surface area contributed by atoms with Crippen LogP contribution in [0.2, 0.25) is 0 Å². The maximum absolute atomic E-state index is 11.6. The van der Waals surface area contributed by atoms with Crippen molar-refractivity contribution in [2.45, 2.75) is 0 Å². The molecule has 0 fully saturated rings. The normalized spacial score (nSPS) is 10.1. The predicted octanol–water partition coefficient (Wildman–Crippen LogP) is 2.35. The predicted molar refractivity (Wildman–Crippen MR) is 78.5 cm³/mol. The number of hydrogen-bond donors (Lipinski definition) is 1. The first kappa shape index (κ1) is 15.1. The molecule has 0 radical (unpaired) electrons. The van der Waals surface area contributed by atoms with Gasteiger partial charge in [0, 0.05) is 11.8 Å². The first-order chi connectivity index (χ1) is 10.7. The van der Waals surface area contributed by atoms with Crippen molar-refractivity contribution in [2.75, 3.05) is 11.9 Å². The SMILES string of the molecule is N#Cc1ccc(NC(=O)COC(=O)/C=C/c2ccco2)cc1. The van der Waals surface area contributed by atoms with E-state index in [-0.39, 0.29) is 0 Å². The number of carbonyl (C=O) groups is 2. The highest BCUT2D eigenvalue weighted by atomic mass is 16.5. The summed E-state index contributed by atoms with van der Waals surface area (Å²) in [4.78, 5) is 23.0. The molecule has 2 aromatic rings. The van der Waals surface area contributed by atoms with E-state index in [0.29, 0.717) is 17.0 Å². The summed E-state index contributed by atoms with van der Waals surface area (Å²) in [6.45, 7) is -0.401. The lowest BCUT2D eigenvalue weighted by molar-refractivity contribution is -0.142. The van der Waals surface area contributed by atoms with Crippen LogP contribution >= 0.6 is 0 Å². The van der Waals surface area contributed by atoms with Crippen molar-refractivity contribution in [1.82, 2.24) is 0 Å². The fourth-order valence-corrected chi connectivity index (χ4v) is 1.55. The highest BCUT2D eigenvalue weighted by molar-refractivity contribution is 5.94. The van der Waals surface area contributed by atoms with Crippen molar-refractivity contribution in [3.8, 4) is 6.07 Å². The van der Waals surface area contributed by atoms with Gasteiger partial charge >= 0.3 is 5.97 Å². The molecule has 6 heteroatoms. The number of benzene rings is 1. The van der Waals surface area contributed by atoms with E-state index in [1.165, 1.54) is 18.4 Å². The van der Waals surface area contributed by atoms with Crippen molar-refractivity contribution >= 4 is 23.6 Å². The van der Waals surface area contributed by atoms with Gasteiger partial charge in [0.15, 0.2) is 6.61 Å². The smallest absolute Gasteiger partial charge is 0.331 e. The molecule has 0 spiro atoms. The van der Waals surface area contributed by atoms with Gasteiger partial charge in [-0.15, -0.1) is 0 Å². The lowest BCUT2D eigenvalue weighted by Gasteiger charge is -2.05. The summed E-state index contributed by atoms with van der Waals surface area (Å²) in [6.07, 6.45) is 4.10. The first-order valence-electron chi connectivity index (χ1n) is 6.36. The highest BCUT2D eigenvalue weighted by Gasteiger charge is 2.06. The fraction of sp³-hybridized carbons (Fsp3) is 0.0625. The number of amides is 1. The summed E-state index contributed by atoms with van der Waals surface area (Å²) in [6, 6.07) is 11.7. The fourth-order valence-electron chi connectivity index (χ4n) is 1.55. The Morgan fingerprint density at radius 2 is 2.05 bits per heavy atom. The quantitative estimate of drug-likeness (QED) is 0.675. The van der Waals surface area contributed by atoms with Crippen molar-refractivity contribution < 1.29 is 18.7 Å². The van der Waals surface area contributed by atoms with Gasteiger partial charge in [0.1, 0.15) is 5.76 Å². The maximum atomic E-state index is 11.6. The van der Waals surface area contributed by atoms with Crippen molar-refractivity contribution in [1.29, 1.82) is 5.26 Å². The Labute approximate surface area is 126 Å². The second-order valence-electron chi connectivity index (χ2n) is 4.19. The first-order valence-corrected chi connectivity index (χ1v) is 6.36. The number of rotatable bonds is 5. The van der Waals surface area contributed by atoms with Gasteiger partial charge in [-0.2, -0.15) is 5.26 Å². The van der Waals surface area contributed by atoms with Crippen LogP contribution < -0.4 is 5.32 Å². The Morgan fingerprint density at radius 3 is 2.68 bits per heavy atom. The lowest BCUT2D eigenvalue weighted by Crippen LogP contribution is -2.20. The van der Waals surface area contributed by atoms with E-state index in [9.17, 15) is 9.59 Å². The molecule has 0 saturated carbocycles. The maximum Gasteiger partial charge on any atom is 0.331 e. The number of carbonyl (C=O) groups excluding carboxylic acids is 2. The Kier molecular flexibility index (Phi) is 5.10. The molecule has 1 N–H and O–H groups in total. The third kappa shape index (κ3) is 4.65. The standard InChI is InChI=1S/C16H12N2O4/c17-10-12-3-5-13(6-4-12)18-15(19)11-22-16(20)8-7-14-2-1-9-21-14/h1-9H,11H2,(H,18,19)/b8-7+. The summed E-state index contributed by atoms with van der Waals surface area (Å²) in [5.41, 5.74) is 1.01. The second-order valence-corrected chi connectivity index (χ2v) is 4.19. The van der Waals surface area contributed by atoms with Gasteiger partial charge in [0.05, 0.1) is 17.9 Å². The van der Waals surface area contributed by atoms with Crippen LogP contribution in [0.1, 0.15) is 11.3 Å². The Hall–Kier alpha value is -3.33. The minimum absolute atomic E-state index is 0.401. The molecule has 6 nitrogen and oxygen atoms in total. The third-order valence-electron chi connectivity index (χ3n) is 2.57. The van der Waals surface area contributed by atoms with Gasteiger partial charge in [-0.25, -0.2) is 4.79 Å². The number of anilines is 1. The number of ether oxygens (including phenoxy) is 1. The number of furan rings is 1. The zero-order chi connectivity index (χ0) is 15.8. The minimum atomic E-state index is -0.647. The van der Waals surface area contributed by atoms with Gasteiger partial charge in [-0.3, -0.25) is 4.79 Å². The molecular formula is C16H12N2O4. The molecule has 1 heterocycles. The molecule has 0 aliphatic carbocycles. The van der Waals surface area contributed by atoms with Gasteiger partial charge < -0.3 is 14.5 Å². The summed E-state index contributed by atoms with van der Waals surface area (Å²) in [7, 11) is 0. The summed E-state index contributed by atoms with van der Waals surface area (Å²) in [5.74, 6) is -0.602. The number of nitriles is 1. The summed E-state index contributed by atoms with van der Waals surface area (Å²) in [5, 5.41) is 11.2. The molecule has 1 aromatic carbocycles. The summed E-state index contributed by atoms with van der Waals surface area (Å²) >= 11 is 0. The number of nitrogens with zero attached hydrogens (tertiary/aromatic N) is 1. The lowest BCUT2D eigenvalue weighted by atomic mass is 10.2. The Morgan fingerprint density at radius 1 is 1.27 bits per heavy atom. The molecule has 0 bridgehead atoms. The van der Waals surface area contributed by atoms with Crippen LogP contribution in [0.25, 0.3) is 6.08 Å². The van der Waals surface area contributed by atoms with E-state index in [2.05, 4.69) is 5.32 Å². The molecule has 2 rings (SSSR count). The van der Waals surface area contributed by atoms with Crippen LogP contribution in [0.15, 0.2) is 53.2 Å². The highest BCUT2D eigenvalue weighted by Crippen LogP contribution is 2.08. The molecule has 0 saturated heterocycles. The molecule has 0 atom stereocenters. The monoisotopic (exact) mass is 296 g/mol. The number of hydrogen-bond acceptors (Lipinski definition) is 5. The topological polar surface area (TPSA) is 92.3 Å². The van der Waals surface area contributed by atoms with Crippen LogP contribution in [0, 0.1) is 11.3 Å². The van der Waals surface area contributed by atoms with Gasteiger partial charge in [0.25, 0.3) is 5.91 Å². The van der Waals surface area contributed by atoms with Crippen molar-refractivity contribution in [3.63, 3.8) is 0 Å². The molecule has 110 valence electrons. The van der Waals surface area contributed by atoms with Gasteiger partial charge in [-0.05, 0) is 42.5 Å². The zero-order valence-corrected chi connectivity index (χ0v) is 11.5. The van der Waals surface area contributed by atoms with Gasteiger partial charge in [0.2, 0.25) is 0 Å². The molecule has 1 aromatic heterocycles. The molecule has 0 aliphatic heterocycles. The van der Waals surface area contributed by atoms with E-state index in [4.69, 9.17) is 14.4 Å². The zero-order valence-electron chi connectivity index (χ0n) is 11.5. The van der Waals surface area contributed by atoms with Gasteiger partial charge in [-0.1, -0.05) is 0 Å². The number of esters is 1. The van der Waals surface area contributed by atoms with E-state index < -0.39 is 18.5 Å². The van der Waals surface area contributed by atoms with Crippen LogP contribution in [-0.2, 0) is 14.3 Å². The Balaban J connectivity index is 1.77. The molecule has 22 heavy (non-hydrogen) atoms.